The van der Waals surface area contributed by atoms with Crippen LogP contribution in [0.2, 0.25) is 5.02 Å². The molecule has 1 aromatic carbocycles. The van der Waals surface area contributed by atoms with Gasteiger partial charge < -0.3 is 15.0 Å². The standard InChI is InChI=1S/C21H26ClN3O2/c1-27-15-14-25-12-9-17(10-13-25)21(26)24-20(19-4-2-3-11-23-19)16-5-7-18(22)8-6-16/h2-8,11,17,20H,9-10,12-15H2,1H3,(H,24,26)/t20-/m0/s1. The highest BCUT2D eigenvalue weighted by atomic mass is 35.5. The number of ether oxygens (including phenoxy) is 1. The van der Waals surface area contributed by atoms with E-state index >= 15 is 0 Å². The summed E-state index contributed by atoms with van der Waals surface area (Å²) in [4.78, 5) is 19.7. The molecule has 27 heavy (non-hydrogen) atoms. The summed E-state index contributed by atoms with van der Waals surface area (Å²) in [5, 5.41) is 3.88. The highest BCUT2D eigenvalue weighted by Crippen LogP contribution is 2.24. The molecule has 0 spiro atoms. The van der Waals surface area contributed by atoms with E-state index < -0.39 is 0 Å². The molecular formula is C21H26ClN3O2. The summed E-state index contributed by atoms with van der Waals surface area (Å²) < 4.78 is 5.14. The van der Waals surface area contributed by atoms with Gasteiger partial charge in [0.05, 0.1) is 18.3 Å². The highest BCUT2D eigenvalue weighted by Gasteiger charge is 2.27. The van der Waals surface area contributed by atoms with Gasteiger partial charge in [-0.15, -0.1) is 0 Å². The van der Waals surface area contributed by atoms with Gasteiger partial charge in [0.15, 0.2) is 0 Å². The number of rotatable bonds is 7. The minimum atomic E-state index is -0.275. The van der Waals surface area contributed by atoms with Crippen LogP contribution >= 0.6 is 11.6 Å². The van der Waals surface area contributed by atoms with Crippen molar-refractivity contribution < 1.29 is 9.53 Å². The zero-order valence-electron chi connectivity index (χ0n) is 15.6. The molecule has 3 rings (SSSR count). The summed E-state index contributed by atoms with van der Waals surface area (Å²) in [5.41, 5.74) is 1.80. The number of pyridine rings is 1. The van der Waals surface area contributed by atoms with E-state index in [1.165, 1.54) is 0 Å². The van der Waals surface area contributed by atoms with E-state index in [1.54, 1.807) is 13.3 Å². The molecule has 1 aliphatic heterocycles. The monoisotopic (exact) mass is 387 g/mol. The Balaban J connectivity index is 1.67. The number of nitrogens with one attached hydrogen (secondary N) is 1. The summed E-state index contributed by atoms with van der Waals surface area (Å²) >= 11 is 6.02. The van der Waals surface area contributed by atoms with Crippen LogP contribution in [-0.2, 0) is 9.53 Å². The van der Waals surface area contributed by atoms with E-state index in [2.05, 4.69) is 15.2 Å². The van der Waals surface area contributed by atoms with E-state index in [0.29, 0.717) is 5.02 Å². The van der Waals surface area contributed by atoms with Crippen LogP contribution in [0, 0.1) is 5.92 Å². The maximum atomic E-state index is 12.9. The van der Waals surface area contributed by atoms with Crippen LogP contribution in [0.1, 0.15) is 30.1 Å². The Kier molecular flexibility index (Phi) is 7.21. The van der Waals surface area contributed by atoms with Crippen molar-refractivity contribution in [1.29, 1.82) is 0 Å². The van der Waals surface area contributed by atoms with E-state index in [9.17, 15) is 4.79 Å². The van der Waals surface area contributed by atoms with Crippen LogP contribution in [-0.4, -0.2) is 49.1 Å². The van der Waals surface area contributed by atoms with Crippen molar-refractivity contribution in [2.75, 3.05) is 33.4 Å². The third-order valence-corrected chi connectivity index (χ3v) is 5.30. The van der Waals surface area contributed by atoms with Gasteiger partial charge in [-0.1, -0.05) is 29.8 Å². The first kappa shape index (κ1) is 19.8. The number of hydrogen-bond donors (Lipinski definition) is 1. The molecule has 0 saturated carbocycles. The third kappa shape index (κ3) is 5.51. The highest BCUT2D eigenvalue weighted by molar-refractivity contribution is 6.30. The van der Waals surface area contributed by atoms with Crippen molar-refractivity contribution in [1.82, 2.24) is 15.2 Å². The van der Waals surface area contributed by atoms with Crippen molar-refractivity contribution >= 4 is 17.5 Å². The van der Waals surface area contributed by atoms with Gasteiger partial charge in [0.1, 0.15) is 0 Å². The van der Waals surface area contributed by atoms with Gasteiger partial charge in [0, 0.05) is 30.8 Å². The molecule has 1 amide bonds. The Bertz CT molecular complexity index is 716. The first-order chi connectivity index (χ1) is 13.2. The molecule has 0 bridgehead atoms. The molecule has 144 valence electrons. The summed E-state index contributed by atoms with van der Waals surface area (Å²) in [5.74, 6) is 0.120. The molecule has 0 radical (unpaired) electrons. The summed E-state index contributed by atoms with van der Waals surface area (Å²) in [6, 6.07) is 13.0. The third-order valence-electron chi connectivity index (χ3n) is 5.04. The fourth-order valence-electron chi connectivity index (χ4n) is 3.43. The maximum Gasteiger partial charge on any atom is 0.224 e. The van der Waals surface area contributed by atoms with Gasteiger partial charge in [-0.3, -0.25) is 9.78 Å². The lowest BCUT2D eigenvalue weighted by Gasteiger charge is -2.32. The summed E-state index contributed by atoms with van der Waals surface area (Å²) in [6.45, 7) is 3.51. The second-order valence-corrected chi connectivity index (χ2v) is 7.29. The van der Waals surface area contributed by atoms with Gasteiger partial charge in [-0.2, -0.15) is 0 Å². The number of amides is 1. The van der Waals surface area contributed by atoms with Crippen LogP contribution in [0.4, 0.5) is 0 Å². The first-order valence-corrected chi connectivity index (χ1v) is 9.73. The van der Waals surface area contributed by atoms with Crippen molar-refractivity contribution in [2.45, 2.75) is 18.9 Å². The van der Waals surface area contributed by atoms with Gasteiger partial charge >= 0.3 is 0 Å². The number of halogens is 1. The largest absolute Gasteiger partial charge is 0.383 e. The van der Waals surface area contributed by atoms with Gasteiger partial charge in [-0.05, 0) is 55.8 Å². The molecule has 1 atom stereocenters. The van der Waals surface area contributed by atoms with Crippen molar-refractivity contribution in [3.8, 4) is 0 Å². The minimum Gasteiger partial charge on any atom is -0.383 e. The zero-order valence-corrected chi connectivity index (χ0v) is 16.4. The van der Waals surface area contributed by atoms with Gasteiger partial charge in [-0.25, -0.2) is 0 Å². The van der Waals surface area contributed by atoms with Crippen LogP contribution in [0.15, 0.2) is 48.7 Å². The molecule has 0 aliphatic carbocycles. The number of hydrogen-bond acceptors (Lipinski definition) is 4. The molecular weight excluding hydrogens is 362 g/mol. The maximum absolute atomic E-state index is 12.9. The Hall–Kier alpha value is -1.95. The topological polar surface area (TPSA) is 54.5 Å². The smallest absolute Gasteiger partial charge is 0.224 e. The van der Waals surface area contributed by atoms with Crippen LogP contribution in [0.3, 0.4) is 0 Å². The average molecular weight is 388 g/mol. The van der Waals surface area contributed by atoms with Crippen LogP contribution in [0.25, 0.3) is 0 Å². The fourth-order valence-corrected chi connectivity index (χ4v) is 3.56. The Morgan fingerprint density at radius 3 is 2.63 bits per heavy atom. The molecule has 6 heteroatoms. The predicted octanol–water partition coefficient (Wildman–Crippen LogP) is 3.30. The van der Waals surface area contributed by atoms with Crippen molar-refractivity contribution in [2.24, 2.45) is 5.92 Å². The number of likely N-dealkylation sites (tertiary alicyclic amines) is 1. The second kappa shape index (κ2) is 9.83. The van der Waals surface area contributed by atoms with E-state index in [-0.39, 0.29) is 17.9 Å². The molecule has 1 aromatic heterocycles. The van der Waals surface area contributed by atoms with E-state index in [0.717, 1.165) is 50.3 Å². The first-order valence-electron chi connectivity index (χ1n) is 9.35. The minimum absolute atomic E-state index is 0.0299. The van der Waals surface area contributed by atoms with E-state index in [4.69, 9.17) is 16.3 Å². The molecule has 0 unspecified atom stereocenters. The SMILES string of the molecule is COCCN1CCC(C(=O)N[C@@H](c2ccc(Cl)cc2)c2ccccn2)CC1. The number of aromatic nitrogens is 1. The molecule has 2 heterocycles. The molecule has 1 aliphatic rings. The second-order valence-electron chi connectivity index (χ2n) is 6.86. The number of methoxy groups -OCH3 is 1. The fraction of sp³-hybridized carbons (Fsp3) is 0.429. The average Bonchev–Trinajstić information content (AvgIpc) is 2.72. The quantitative estimate of drug-likeness (QED) is 0.792. The number of carbonyl (C=O) groups is 1. The van der Waals surface area contributed by atoms with Crippen molar-refractivity contribution in [3.05, 3.63) is 64.9 Å². The lowest BCUT2D eigenvalue weighted by molar-refractivity contribution is -0.127. The number of benzene rings is 1. The molecule has 1 N–H and O–H groups in total. The number of piperidine rings is 1. The molecule has 5 nitrogen and oxygen atoms in total. The van der Waals surface area contributed by atoms with Gasteiger partial charge in [0.25, 0.3) is 0 Å². The Morgan fingerprint density at radius 1 is 1.26 bits per heavy atom. The van der Waals surface area contributed by atoms with Crippen LogP contribution in [0.5, 0.6) is 0 Å². The van der Waals surface area contributed by atoms with Crippen LogP contribution < -0.4 is 5.32 Å². The normalized spacial score (nSPS) is 16.8. The molecule has 2 aromatic rings. The summed E-state index contributed by atoms with van der Waals surface area (Å²) in [7, 11) is 1.72. The Morgan fingerprint density at radius 2 is 2.00 bits per heavy atom. The lowest BCUT2D eigenvalue weighted by Crippen LogP contribution is -2.42. The predicted molar refractivity (Wildman–Crippen MR) is 107 cm³/mol. The number of carbonyl (C=O) groups excluding carboxylic acids is 1. The molecule has 1 fully saturated rings. The molecule has 1 saturated heterocycles. The van der Waals surface area contributed by atoms with Crippen molar-refractivity contribution in [3.63, 3.8) is 0 Å². The lowest BCUT2D eigenvalue weighted by atomic mass is 9.94. The zero-order chi connectivity index (χ0) is 19.1. The van der Waals surface area contributed by atoms with Gasteiger partial charge in [0.2, 0.25) is 5.91 Å². The Labute approximate surface area is 165 Å². The number of nitrogens with zero attached hydrogens (tertiary/aromatic N) is 2. The summed E-state index contributed by atoms with van der Waals surface area (Å²) in [6.07, 6.45) is 3.48. The van der Waals surface area contributed by atoms with E-state index in [1.807, 2.05) is 42.5 Å².